The first kappa shape index (κ1) is 25.8. The summed E-state index contributed by atoms with van der Waals surface area (Å²) in [6, 6.07) is 38.7. The molecule has 0 bridgehead atoms. The molecule has 0 radical (unpaired) electrons. The van der Waals surface area contributed by atoms with Gasteiger partial charge in [0.15, 0.2) is 9.84 Å². The second-order valence-corrected chi connectivity index (χ2v) is 11.3. The number of nitrogens with zero attached hydrogens (tertiary/aromatic N) is 1. The lowest BCUT2D eigenvalue weighted by molar-refractivity contribution is 0.0424. The van der Waals surface area contributed by atoms with Crippen LogP contribution in [0.15, 0.2) is 126 Å². The van der Waals surface area contributed by atoms with Crippen molar-refractivity contribution in [2.45, 2.75) is 42.8 Å². The zero-order valence-electron chi connectivity index (χ0n) is 20.6. The fourth-order valence-corrected chi connectivity index (χ4v) is 6.00. The summed E-state index contributed by atoms with van der Waals surface area (Å²) in [7, 11) is -3.58. The maximum atomic E-state index is 13.7. The smallest absolute Gasteiger partial charge is 0.182 e. The minimum Gasteiger partial charge on any atom is -0.375 e. The fraction of sp³-hybridized carbons (Fsp3) is 0.226. The average molecular weight is 500 g/mol. The lowest BCUT2D eigenvalue weighted by Crippen LogP contribution is -2.48. The molecule has 0 fully saturated rings. The molecule has 0 saturated carbocycles. The van der Waals surface area contributed by atoms with Crippen molar-refractivity contribution in [3.05, 3.63) is 138 Å². The Balaban J connectivity index is 1.66. The molecule has 0 aliphatic carbocycles. The van der Waals surface area contributed by atoms with E-state index in [9.17, 15) is 8.42 Å². The van der Waals surface area contributed by atoms with Gasteiger partial charge in [0, 0.05) is 13.1 Å². The van der Waals surface area contributed by atoms with Crippen molar-refractivity contribution in [3.8, 4) is 0 Å². The summed E-state index contributed by atoms with van der Waals surface area (Å²) in [5.74, 6) is 0. The summed E-state index contributed by atoms with van der Waals surface area (Å²) >= 11 is 0. The highest BCUT2D eigenvalue weighted by atomic mass is 32.2. The maximum absolute atomic E-state index is 13.7. The Kier molecular flexibility index (Phi) is 9.06. The quantitative estimate of drug-likeness (QED) is 0.235. The van der Waals surface area contributed by atoms with Gasteiger partial charge >= 0.3 is 0 Å². The molecular formula is C31H33NO3S. The van der Waals surface area contributed by atoms with Crippen LogP contribution in [-0.2, 0) is 34.3 Å². The van der Waals surface area contributed by atoms with E-state index in [-0.39, 0.29) is 6.04 Å². The summed E-state index contributed by atoms with van der Waals surface area (Å²) in [5, 5.41) is -0.678. The molecule has 4 aromatic rings. The topological polar surface area (TPSA) is 46.6 Å². The molecule has 0 aliphatic rings. The molecule has 0 unspecified atom stereocenters. The van der Waals surface area contributed by atoms with Crippen LogP contribution in [0.4, 0.5) is 0 Å². The van der Waals surface area contributed by atoms with E-state index in [1.807, 2.05) is 79.7 Å². The first-order chi connectivity index (χ1) is 17.5. The van der Waals surface area contributed by atoms with Crippen LogP contribution < -0.4 is 0 Å². The summed E-state index contributed by atoms with van der Waals surface area (Å²) in [5.41, 5.74) is 3.32. The van der Waals surface area contributed by atoms with Crippen LogP contribution in [0, 0.1) is 0 Å². The van der Waals surface area contributed by atoms with Crippen LogP contribution in [0.5, 0.6) is 0 Å². The van der Waals surface area contributed by atoms with Gasteiger partial charge in [0.2, 0.25) is 0 Å². The SMILES string of the molecule is C[C@H]([C@@H](COCc1ccccc1)N(Cc1ccccc1)Cc1ccccc1)S(=O)(=O)c1ccccc1. The van der Waals surface area contributed by atoms with Crippen molar-refractivity contribution in [3.63, 3.8) is 0 Å². The number of rotatable bonds is 12. The molecule has 0 aromatic heterocycles. The number of sulfone groups is 1. The first-order valence-electron chi connectivity index (χ1n) is 12.3. The highest BCUT2D eigenvalue weighted by molar-refractivity contribution is 7.92. The summed E-state index contributed by atoms with van der Waals surface area (Å²) in [4.78, 5) is 2.57. The summed E-state index contributed by atoms with van der Waals surface area (Å²) < 4.78 is 33.7. The summed E-state index contributed by atoms with van der Waals surface area (Å²) in [6.45, 7) is 3.76. The molecule has 2 atom stereocenters. The van der Waals surface area contributed by atoms with Gasteiger partial charge in [-0.3, -0.25) is 4.90 Å². The number of hydrogen-bond acceptors (Lipinski definition) is 4. The lowest BCUT2D eigenvalue weighted by atomic mass is 10.1. The molecule has 0 heterocycles. The molecule has 4 nitrogen and oxygen atoms in total. The van der Waals surface area contributed by atoms with Gasteiger partial charge in [0.1, 0.15) is 0 Å². The number of ether oxygens (including phenoxy) is 1. The molecule has 0 amide bonds. The van der Waals surface area contributed by atoms with Crippen molar-refractivity contribution in [1.29, 1.82) is 0 Å². The Labute approximate surface area is 215 Å². The van der Waals surface area contributed by atoms with E-state index in [0.29, 0.717) is 31.2 Å². The van der Waals surface area contributed by atoms with Crippen LogP contribution in [0.2, 0.25) is 0 Å². The highest BCUT2D eigenvalue weighted by Crippen LogP contribution is 2.25. The van der Waals surface area contributed by atoms with Crippen LogP contribution in [0.1, 0.15) is 23.6 Å². The van der Waals surface area contributed by atoms with Crippen LogP contribution in [-0.4, -0.2) is 31.2 Å². The number of hydrogen-bond donors (Lipinski definition) is 0. The predicted molar refractivity (Wildman–Crippen MR) is 145 cm³/mol. The maximum Gasteiger partial charge on any atom is 0.182 e. The molecule has 5 heteroatoms. The molecule has 0 spiro atoms. The Morgan fingerprint density at radius 3 is 1.53 bits per heavy atom. The second-order valence-electron chi connectivity index (χ2n) is 9.01. The van der Waals surface area contributed by atoms with Crippen molar-refractivity contribution in [2.75, 3.05) is 6.61 Å². The third-order valence-corrected chi connectivity index (χ3v) is 8.65. The zero-order valence-corrected chi connectivity index (χ0v) is 21.4. The van der Waals surface area contributed by atoms with Crippen LogP contribution in [0.3, 0.4) is 0 Å². The van der Waals surface area contributed by atoms with Gasteiger partial charge in [-0.15, -0.1) is 0 Å². The Morgan fingerprint density at radius 2 is 1.06 bits per heavy atom. The van der Waals surface area contributed by atoms with Crippen LogP contribution >= 0.6 is 0 Å². The Hall–Kier alpha value is -3.25. The van der Waals surface area contributed by atoms with E-state index in [0.717, 1.165) is 16.7 Å². The van der Waals surface area contributed by atoms with E-state index in [1.165, 1.54) is 0 Å². The Bertz CT molecular complexity index is 1240. The van der Waals surface area contributed by atoms with Crippen molar-refractivity contribution in [2.24, 2.45) is 0 Å². The van der Waals surface area contributed by atoms with E-state index < -0.39 is 15.1 Å². The second kappa shape index (κ2) is 12.6. The van der Waals surface area contributed by atoms with Gasteiger partial charge in [0.25, 0.3) is 0 Å². The molecule has 0 N–H and O–H groups in total. The number of benzene rings is 4. The van der Waals surface area contributed by atoms with Crippen molar-refractivity contribution < 1.29 is 13.2 Å². The van der Waals surface area contributed by atoms with E-state index in [1.54, 1.807) is 24.3 Å². The summed E-state index contributed by atoms with van der Waals surface area (Å²) in [6.07, 6.45) is 0. The monoisotopic (exact) mass is 499 g/mol. The zero-order chi connectivity index (χ0) is 25.2. The fourth-order valence-electron chi connectivity index (χ4n) is 4.37. The van der Waals surface area contributed by atoms with Crippen molar-refractivity contribution in [1.82, 2.24) is 4.90 Å². The van der Waals surface area contributed by atoms with Gasteiger partial charge in [-0.05, 0) is 35.7 Å². The minimum absolute atomic E-state index is 0.293. The molecule has 0 saturated heterocycles. The standard InChI is InChI=1S/C31H33NO3S/c1-26(36(33,34)30-20-12-5-13-21-30)31(25-35-24-29-18-10-4-11-19-29)32(22-27-14-6-2-7-15-27)23-28-16-8-3-9-17-28/h2-21,26,31H,22-25H2,1H3/t26-,31-/m1/s1. The molecule has 0 aliphatic heterocycles. The van der Waals surface area contributed by atoms with E-state index >= 15 is 0 Å². The van der Waals surface area contributed by atoms with Crippen LogP contribution in [0.25, 0.3) is 0 Å². The van der Waals surface area contributed by atoms with Gasteiger partial charge in [-0.1, -0.05) is 109 Å². The minimum atomic E-state index is -3.58. The molecule has 186 valence electrons. The third-order valence-electron chi connectivity index (χ3n) is 6.43. The molecular weight excluding hydrogens is 466 g/mol. The van der Waals surface area contributed by atoms with Gasteiger partial charge in [0.05, 0.1) is 29.4 Å². The molecule has 36 heavy (non-hydrogen) atoms. The first-order valence-corrected chi connectivity index (χ1v) is 13.8. The van der Waals surface area contributed by atoms with E-state index in [4.69, 9.17) is 4.74 Å². The molecule has 4 aromatic carbocycles. The third kappa shape index (κ3) is 6.91. The Morgan fingerprint density at radius 1 is 0.639 bits per heavy atom. The normalized spacial score (nSPS) is 13.4. The predicted octanol–water partition coefficient (Wildman–Crippen LogP) is 6.14. The van der Waals surface area contributed by atoms with Gasteiger partial charge in [-0.2, -0.15) is 0 Å². The van der Waals surface area contributed by atoms with E-state index in [2.05, 4.69) is 29.2 Å². The van der Waals surface area contributed by atoms with Gasteiger partial charge in [-0.25, -0.2) is 8.42 Å². The molecule has 4 rings (SSSR count). The largest absolute Gasteiger partial charge is 0.375 e. The highest BCUT2D eigenvalue weighted by Gasteiger charge is 2.35. The lowest BCUT2D eigenvalue weighted by Gasteiger charge is -2.35. The van der Waals surface area contributed by atoms with Crippen molar-refractivity contribution >= 4 is 9.84 Å². The van der Waals surface area contributed by atoms with Gasteiger partial charge < -0.3 is 4.74 Å². The average Bonchev–Trinajstić information content (AvgIpc) is 2.93.